The highest BCUT2D eigenvalue weighted by Gasteiger charge is 2.02. The minimum atomic E-state index is -0.376. The quantitative estimate of drug-likeness (QED) is 0.731. The van der Waals surface area contributed by atoms with Crippen LogP contribution in [0.5, 0.6) is 0 Å². The second-order valence-electron chi connectivity index (χ2n) is 3.24. The molecule has 84 valence electrons. The van der Waals surface area contributed by atoms with Crippen LogP contribution in [0.2, 0.25) is 0 Å². The van der Waals surface area contributed by atoms with Gasteiger partial charge in [0.15, 0.2) is 0 Å². The number of nitrogens with one attached hydrogen (secondary N) is 3. The van der Waals surface area contributed by atoms with Crippen molar-refractivity contribution in [2.75, 3.05) is 10.6 Å². The van der Waals surface area contributed by atoms with E-state index < -0.39 is 0 Å². The van der Waals surface area contributed by atoms with Crippen LogP contribution in [-0.2, 0) is 0 Å². The largest absolute Gasteiger partial charge is 0.324 e. The number of nitrogens with zero attached hydrogens (tertiary/aromatic N) is 2. The molecular formula is C11H9N5O. The van der Waals surface area contributed by atoms with E-state index in [2.05, 4.69) is 20.8 Å². The molecule has 17 heavy (non-hydrogen) atoms. The molecule has 0 aliphatic carbocycles. The van der Waals surface area contributed by atoms with Gasteiger partial charge in [0, 0.05) is 11.8 Å². The predicted molar refractivity (Wildman–Crippen MR) is 62.4 cm³/mol. The lowest BCUT2D eigenvalue weighted by Crippen LogP contribution is -2.19. The average Bonchev–Trinajstić information content (AvgIpc) is 2.82. The summed E-state index contributed by atoms with van der Waals surface area (Å²) >= 11 is 0. The summed E-state index contributed by atoms with van der Waals surface area (Å²) in [6, 6.07) is 9.84. The fourth-order valence-electron chi connectivity index (χ4n) is 1.24. The number of amides is 2. The minimum absolute atomic E-state index is 0.376. The molecule has 0 bridgehead atoms. The maximum atomic E-state index is 11.5. The average molecular weight is 227 g/mol. The lowest BCUT2D eigenvalue weighted by Gasteiger charge is -2.05. The number of hydrogen-bond donors (Lipinski definition) is 3. The first-order chi connectivity index (χ1) is 8.28. The third-order valence-electron chi connectivity index (χ3n) is 2.02. The molecule has 2 amide bonds. The maximum absolute atomic E-state index is 11.5. The van der Waals surface area contributed by atoms with E-state index in [0.717, 1.165) is 0 Å². The summed E-state index contributed by atoms with van der Waals surface area (Å²) in [6.45, 7) is 0. The second-order valence-corrected chi connectivity index (χ2v) is 3.24. The summed E-state index contributed by atoms with van der Waals surface area (Å²) in [7, 11) is 0. The zero-order valence-corrected chi connectivity index (χ0v) is 8.77. The van der Waals surface area contributed by atoms with Crippen molar-refractivity contribution in [3.63, 3.8) is 0 Å². The number of benzene rings is 1. The minimum Gasteiger partial charge on any atom is -0.308 e. The lowest BCUT2D eigenvalue weighted by molar-refractivity contribution is 0.262. The lowest BCUT2D eigenvalue weighted by atomic mass is 10.2. The van der Waals surface area contributed by atoms with Crippen LogP contribution in [0.3, 0.4) is 0 Å². The van der Waals surface area contributed by atoms with Crippen molar-refractivity contribution in [2.45, 2.75) is 0 Å². The Kier molecular flexibility index (Phi) is 3.03. The van der Waals surface area contributed by atoms with Crippen molar-refractivity contribution in [2.24, 2.45) is 0 Å². The number of nitriles is 1. The molecule has 0 saturated heterocycles. The third kappa shape index (κ3) is 2.82. The van der Waals surface area contributed by atoms with E-state index in [1.807, 2.05) is 6.07 Å². The molecule has 0 aliphatic rings. The van der Waals surface area contributed by atoms with E-state index in [4.69, 9.17) is 5.26 Å². The van der Waals surface area contributed by atoms with E-state index in [-0.39, 0.29) is 6.03 Å². The van der Waals surface area contributed by atoms with Crippen molar-refractivity contribution in [1.29, 1.82) is 5.26 Å². The normalized spacial score (nSPS) is 9.35. The van der Waals surface area contributed by atoms with Crippen LogP contribution in [0, 0.1) is 11.3 Å². The van der Waals surface area contributed by atoms with Crippen molar-refractivity contribution >= 4 is 17.5 Å². The van der Waals surface area contributed by atoms with Gasteiger partial charge in [-0.1, -0.05) is 0 Å². The highest BCUT2D eigenvalue weighted by molar-refractivity contribution is 5.99. The number of H-pyrrole nitrogens is 1. The smallest absolute Gasteiger partial charge is 0.308 e. The first-order valence-corrected chi connectivity index (χ1v) is 4.85. The summed E-state index contributed by atoms with van der Waals surface area (Å²) in [5, 5.41) is 20.1. The zero-order valence-electron chi connectivity index (χ0n) is 8.77. The Morgan fingerprint density at radius 1 is 1.24 bits per heavy atom. The molecule has 0 saturated carbocycles. The molecule has 1 aromatic carbocycles. The standard InChI is InChI=1S/C11H9N5O/c12-7-8-1-3-9(4-2-8)14-11(17)15-10-5-6-13-16-10/h1-6H,(H3,13,14,15,16,17). The Morgan fingerprint density at radius 3 is 2.59 bits per heavy atom. The summed E-state index contributed by atoms with van der Waals surface area (Å²) < 4.78 is 0. The molecule has 1 aromatic heterocycles. The van der Waals surface area contributed by atoms with Crippen LogP contribution in [0.1, 0.15) is 5.56 Å². The van der Waals surface area contributed by atoms with Gasteiger partial charge < -0.3 is 5.32 Å². The molecule has 0 spiro atoms. The SMILES string of the molecule is N#Cc1ccc(NC(=O)Nc2ccn[nH]2)cc1. The van der Waals surface area contributed by atoms with Gasteiger partial charge in [-0.3, -0.25) is 10.4 Å². The van der Waals surface area contributed by atoms with E-state index in [1.165, 1.54) is 6.20 Å². The molecule has 0 aliphatic heterocycles. The van der Waals surface area contributed by atoms with Crippen molar-refractivity contribution in [1.82, 2.24) is 10.2 Å². The highest BCUT2D eigenvalue weighted by atomic mass is 16.2. The van der Waals surface area contributed by atoms with Gasteiger partial charge in [0.05, 0.1) is 17.8 Å². The molecule has 1 heterocycles. The Balaban J connectivity index is 1.96. The molecule has 0 radical (unpaired) electrons. The second kappa shape index (κ2) is 4.81. The number of aromatic nitrogens is 2. The Labute approximate surface area is 97.3 Å². The number of anilines is 2. The highest BCUT2D eigenvalue weighted by Crippen LogP contribution is 2.09. The van der Waals surface area contributed by atoms with Crippen LogP contribution in [-0.4, -0.2) is 16.2 Å². The number of rotatable bonds is 2. The Morgan fingerprint density at radius 2 is 2.00 bits per heavy atom. The van der Waals surface area contributed by atoms with Crippen LogP contribution in [0.4, 0.5) is 16.3 Å². The summed E-state index contributed by atoms with van der Waals surface area (Å²) in [5.41, 5.74) is 1.16. The maximum Gasteiger partial charge on any atom is 0.324 e. The van der Waals surface area contributed by atoms with Crippen LogP contribution in [0.25, 0.3) is 0 Å². The molecule has 0 atom stereocenters. The molecule has 2 aromatic rings. The Hall–Kier alpha value is -2.81. The third-order valence-corrected chi connectivity index (χ3v) is 2.02. The van der Waals surface area contributed by atoms with Gasteiger partial charge in [-0.25, -0.2) is 4.79 Å². The van der Waals surface area contributed by atoms with Gasteiger partial charge in [0.25, 0.3) is 0 Å². The van der Waals surface area contributed by atoms with E-state index >= 15 is 0 Å². The molecule has 6 nitrogen and oxygen atoms in total. The molecule has 0 fully saturated rings. The number of aromatic amines is 1. The Bertz CT molecular complexity index is 538. The van der Waals surface area contributed by atoms with E-state index in [9.17, 15) is 4.79 Å². The first kappa shape index (κ1) is 10.7. The summed E-state index contributed by atoms with van der Waals surface area (Å²) in [6.07, 6.45) is 1.54. The van der Waals surface area contributed by atoms with Crippen LogP contribution in [0.15, 0.2) is 36.5 Å². The van der Waals surface area contributed by atoms with Crippen molar-refractivity contribution < 1.29 is 4.79 Å². The fourth-order valence-corrected chi connectivity index (χ4v) is 1.24. The van der Waals surface area contributed by atoms with Crippen molar-refractivity contribution in [3.8, 4) is 6.07 Å². The van der Waals surface area contributed by atoms with Crippen molar-refractivity contribution in [3.05, 3.63) is 42.1 Å². The number of carbonyl (C=O) groups is 1. The first-order valence-electron chi connectivity index (χ1n) is 4.85. The molecule has 2 rings (SSSR count). The van der Waals surface area contributed by atoms with E-state index in [1.54, 1.807) is 30.3 Å². The molecule has 0 unspecified atom stereocenters. The van der Waals surface area contributed by atoms with Crippen LogP contribution < -0.4 is 10.6 Å². The molecule has 3 N–H and O–H groups in total. The van der Waals surface area contributed by atoms with Gasteiger partial charge in [-0.05, 0) is 24.3 Å². The number of hydrogen-bond acceptors (Lipinski definition) is 3. The number of carbonyl (C=O) groups excluding carboxylic acids is 1. The van der Waals surface area contributed by atoms with Gasteiger partial charge in [0.2, 0.25) is 0 Å². The topological polar surface area (TPSA) is 93.6 Å². The van der Waals surface area contributed by atoms with Gasteiger partial charge in [-0.2, -0.15) is 10.4 Å². The van der Waals surface area contributed by atoms with Gasteiger partial charge in [-0.15, -0.1) is 0 Å². The molecular weight excluding hydrogens is 218 g/mol. The van der Waals surface area contributed by atoms with Crippen LogP contribution >= 0.6 is 0 Å². The molecule has 6 heteroatoms. The summed E-state index contributed by atoms with van der Waals surface area (Å²) in [5.74, 6) is 0.510. The van der Waals surface area contributed by atoms with Gasteiger partial charge in [0.1, 0.15) is 5.82 Å². The number of urea groups is 1. The zero-order chi connectivity index (χ0) is 12.1. The monoisotopic (exact) mass is 227 g/mol. The predicted octanol–water partition coefficient (Wildman–Crippen LogP) is 1.93. The fraction of sp³-hybridized carbons (Fsp3) is 0. The van der Waals surface area contributed by atoms with E-state index in [0.29, 0.717) is 17.1 Å². The van der Waals surface area contributed by atoms with Gasteiger partial charge >= 0.3 is 6.03 Å². The summed E-state index contributed by atoms with van der Waals surface area (Å²) in [4.78, 5) is 11.5.